The maximum Gasteiger partial charge on any atom is 0.123 e. The monoisotopic (exact) mass is 409 g/mol. The van der Waals surface area contributed by atoms with Gasteiger partial charge in [-0.25, -0.2) is 4.39 Å². The van der Waals surface area contributed by atoms with E-state index in [2.05, 4.69) is 48.6 Å². The summed E-state index contributed by atoms with van der Waals surface area (Å²) in [5.41, 5.74) is 2.31. The number of benzene rings is 2. The zero-order valence-corrected chi connectivity index (χ0v) is 17.7. The van der Waals surface area contributed by atoms with E-state index in [0.717, 1.165) is 37.3 Å². The van der Waals surface area contributed by atoms with Gasteiger partial charge in [0.05, 0.1) is 6.61 Å². The van der Waals surface area contributed by atoms with E-state index in [9.17, 15) is 4.39 Å². The zero-order chi connectivity index (χ0) is 20.1. The number of nitrogens with one attached hydrogen (secondary N) is 1. The van der Waals surface area contributed by atoms with Crippen LogP contribution in [-0.2, 0) is 6.42 Å². The average molecular weight is 410 g/mol. The highest BCUT2D eigenvalue weighted by Crippen LogP contribution is 2.37. The Labute approximate surface area is 176 Å². The SMILES string of the molecule is CCc1ccc(C(c2ccc(F)cc2)c2ccc(OCCC3CCCN3)cc2)s1. The molecule has 1 aliphatic rings. The molecule has 1 aliphatic heterocycles. The molecule has 0 radical (unpaired) electrons. The van der Waals surface area contributed by atoms with Crippen LogP contribution in [0.1, 0.15) is 53.0 Å². The fraction of sp³-hybridized carbons (Fsp3) is 0.360. The van der Waals surface area contributed by atoms with Crippen LogP contribution < -0.4 is 10.1 Å². The van der Waals surface area contributed by atoms with Gasteiger partial charge in [-0.1, -0.05) is 31.2 Å². The van der Waals surface area contributed by atoms with Crippen molar-refractivity contribution in [3.63, 3.8) is 0 Å². The summed E-state index contributed by atoms with van der Waals surface area (Å²) in [5, 5.41) is 3.51. The standard InChI is InChI=1S/C25H28FNOS/c1-2-23-13-14-24(29-23)25(18-5-9-20(26)10-6-18)19-7-11-22(12-8-19)28-17-15-21-4-3-16-27-21/h5-14,21,25,27H,2-4,15-17H2,1H3. The van der Waals surface area contributed by atoms with Crippen LogP contribution in [0, 0.1) is 5.82 Å². The number of aryl methyl sites for hydroxylation is 1. The molecule has 152 valence electrons. The molecule has 2 unspecified atom stereocenters. The third-order valence-electron chi connectivity index (χ3n) is 5.63. The van der Waals surface area contributed by atoms with E-state index in [1.54, 1.807) is 12.1 Å². The van der Waals surface area contributed by atoms with E-state index in [0.29, 0.717) is 6.04 Å². The molecule has 4 heteroatoms. The first kappa shape index (κ1) is 20.1. The molecule has 0 aliphatic carbocycles. The summed E-state index contributed by atoms with van der Waals surface area (Å²) in [7, 11) is 0. The Morgan fingerprint density at radius 3 is 2.38 bits per heavy atom. The van der Waals surface area contributed by atoms with Gasteiger partial charge in [-0.05, 0) is 79.8 Å². The van der Waals surface area contributed by atoms with Crippen molar-refractivity contribution in [2.24, 2.45) is 0 Å². The van der Waals surface area contributed by atoms with Crippen LogP contribution in [0.25, 0.3) is 0 Å². The molecule has 1 aromatic heterocycles. The molecule has 0 spiro atoms. The first-order chi connectivity index (χ1) is 14.2. The van der Waals surface area contributed by atoms with Gasteiger partial charge >= 0.3 is 0 Å². The average Bonchev–Trinajstić information content (AvgIpc) is 3.43. The van der Waals surface area contributed by atoms with Gasteiger partial charge < -0.3 is 10.1 Å². The number of thiophene rings is 1. The molecule has 4 rings (SSSR count). The summed E-state index contributed by atoms with van der Waals surface area (Å²) in [6, 6.07) is 20.3. The number of hydrogen-bond acceptors (Lipinski definition) is 3. The van der Waals surface area contributed by atoms with E-state index in [1.165, 1.54) is 28.2 Å². The molecular weight excluding hydrogens is 381 g/mol. The molecule has 29 heavy (non-hydrogen) atoms. The first-order valence-electron chi connectivity index (χ1n) is 10.5. The Kier molecular flexibility index (Phi) is 6.63. The summed E-state index contributed by atoms with van der Waals surface area (Å²) in [5.74, 6) is 0.816. The van der Waals surface area contributed by atoms with Crippen LogP contribution in [0.5, 0.6) is 5.75 Å². The van der Waals surface area contributed by atoms with Crippen LogP contribution >= 0.6 is 11.3 Å². The van der Waals surface area contributed by atoms with Gasteiger partial charge in [-0.2, -0.15) is 0 Å². The van der Waals surface area contributed by atoms with E-state index in [-0.39, 0.29) is 11.7 Å². The van der Waals surface area contributed by atoms with Gasteiger partial charge in [-0.3, -0.25) is 0 Å². The molecule has 2 heterocycles. The Morgan fingerprint density at radius 2 is 1.76 bits per heavy atom. The Bertz CT molecular complexity index is 897. The predicted octanol–water partition coefficient (Wildman–Crippen LogP) is 6.15. The van der Waals surface area contributed by atoms with Gasteiger partial charge in [0.2, 0.25) is 0 Å². The lowest BCUT2D eigenvalue weighted by Gasteiger charge is -2.18. The molecule has 2 nitrogen and oxygen atoms in total. The summed E-state index contributed by atoms with van der Waals surface area (Å²) in [6.07, 6.45) is 4.60. The maximum absolute atomic E-state index is 13.5. The lowest BCUT2D eigenvalue weighted by Crippen LogP contribution is -2.23. The lowest BCUT2D eigenvalue weighted by atomic mass is 9.90. The highest BCUT2D eigenvalue weighted by Gasteiger charge is 2.19. The third kappa shape index (κ3) is 5.06. The molecule has 1 N–H and O–H groups in total. The minimum atomic E-state index is -0.201. The van der Waals surface area contributed by atoms with Gasteiger partial charge in [0.1, 0.15) is 11.6 Å². The highest BCUT2D eigenvalue weighted by atomic mass is 32.1. The van der Waals surface area contributed by atoms with E-state index in [1.807, 2.05) is 23.5 Å². The van der Waals surface area contributed by atoms with Crippen LogP contribution in [0.15, 0.2) is 60.7 Å². The molecule has 3 aromatic rings. The first-order valence-corrected chi connectivity index (χ1v) is 11.3. The van der Waals surface area contributed by atoms with Crippen molar-refractivity contribution in [2.75, 3.05) is 13.2 Å². The summed E-state index contributed by atoms with van der Waals surface area (Å²) < 4.78 is 19.4. The van der Waals surface area contributed by atoms with E-state index >= 15 is 0 Å². The topological polar surface area (TPSA) is 21.3 Å². The molecule has 0 saturated carbocycles. The number of rotatable bonds is 8. The van der Waals surface area contributed by atoms with Crippen molar-refractivity contribution in [2.45, 2.75) is 44.6 Å². The molecule has 2 atom stereocenters. The van der Waals surface area contributed by atoms with Gasteiger partial charge in [0.25, 0.3) is 0 Å². The largest absolute Gasteiger partial charge is 0.494 e. The maximum atomic E-state index is 13.5. The Hall–Kier alpha value is -2.17. The molecule has 0 amide bonds. The molecule has 2 aromatic carbocycles. The second-order valence-corrected chi connectivity index (χ2v) is 8.84. The second kappa shape index (κ2) is 9.55. The summed E-state index contributed by atoms with van der Waals surface area (Å²) in [6.45, 7) is 4.05. The smallest absolute Gasteiger partial charge is 0.123 e. The van der Waals surface area contributed by atoms with Crippen LogP contribution in [0.4, 0.5) is 4.39 Å². The Morgan fingerprint density at radius 1 is 1.03 bits per heavy atom. The number of halogens is 1. The number of ether oxygens (including phenoxy) is 1. The highest BCUT2D eigenvalue weighted by molar-refractivity contribution is 7.12. The van der Waals surface area contributed by atoms with Crippen molar-refractivity contribution in [3.8, 4) is 5.75 Å². The minimum Gasteiger partial charge on any atom is -0.494 e. The third-order valence-corrected chi connectivity index (χ3v) is 6.92. The normalized spacial score (nSPS) is 17.4. The van der Waals surface area contributed by atoms with Gasteiger partial charge in [0, 0.05) is 21.7 Å². The zero-order valence-electron chi connectivity index (χ0n) is 16.9. The van der Waals surface area contributed by atoms with Crippen molar-refractivity contribution in [1.82, 2.24) is 5.32 Å². The van der Waals surface area contributed by atoms with E-state index < -0.39 is 0 Å². The van der Waals surface area contributed by atoms with Crippen molar-refractivity contribution in [1.29, 1.82) is 0 Å². The summed E-state index contributed by atoms with van der Waals surface area (Å²) >= 11 is 1.84. The van der Waals surface area contributed by atoms with Crippen LogP contribution in [0.2, 0.25) is 0 Å². The lowest BCUT2D eigenvalue weighted by molar-refractivity contribution is 0.292. The molecule has 1 fully saturated rings. The fourth-order valence-corrected chi connectivity index (χ4v) is 5.10. The quantitative estimate of drug-likeness (QED) is 0.482. The second-order valence-electron chi connectivity index (χ2n) is 7.64. The van der Waals surface area contributed by atoms with Crippen LogP contribution in [-0.4, -0.2) is 19.2 Å². The van der Waals surface area contributed by atoms with Crippen molar-refractivity contribution < 1.29 is 9.13 Å². The molecule has 0 bridgehead atoms. The minimum absolute atomic E-state index is 0.109. The predicted molar refractivity (Wildman–Crippen MR) is 119 cm³/mol. The van der Waals surface area contributed by atoms with Gasteiger partial charge in [0.15, 0.2) is 0 Å². The van der Waals surface area contributed by atoms with E-state index in [4.69, 9.17) is 4.74 Å². The fourth-order valence-electron chi connectivity index (χ4n) is 3.99. The van der Waals surface area contributed by atoms with Crippen molar-refractivity contribution >= 4 is 11.3 Å². The number of hydrogen-bond donors (Lipinski definition) is 1. The molecule has 1 saturated heterocycles. The summed E-state index contributed by atoms with van der Waals surface area (Å²) in [4.78, 5) is 2.65. The van der Waals surface area contributed by atoms with Crippen molar-refractivity contribution in [3.05, 3.63) is 87.4 Å². The van der Waals surface area contributed by atoms with Gasteiger partial charge in [-0.15, -0.1) is 11.3 Å². The Balaban J connectivity index is 1.51. The molecular formula is C25H28FNOS. The van der Waals surface area contributed by atoms with Crippen LogP contribution in [0.3, 0.4) is 0 Å².